The highest BCUT2D eigenvalue weighted by molar-refractivity contribution is 8.00. The molecule has 3 rings (SSSR count). The molecular formula is C19H21N3O2S2. The van der Waals surface area contributed by atoms with Gasteiger partial charge in [-0.3, -0.25) is 0 Å². The Morgan fingerprint density at radius 3 is 2.88 bits per heavy atom. The van der Waals surface area contributed by atoms with E-state index in [1.165, 1.54) is 16.9 Å². The summed E-state index contributed by atoms with van der Waals surface area (Å²) in [7, 11) is 0. The number of nitrogens with zero attached hydrogens (tertiary/aromatic N) is 2. The minimum atomic E-state index is -0.324. The molecule has 0 bridgehead atoms. The maximum Gasteiger partial charge on any atom is 0.336 e. The molecule has 0 unspecified atom stereocenters. The molecule has 1 N–H and O–H groups in total. The fraction of sp³-hybridized carbons (Fsp3) is 0.316. The van der Waals surface area contributed by atoms with Crippen molar-refractivity contribution < 1.29 is 4.42 Å². The SMILES string of the molecule is C=CCNc1nnc(SCc2cc(=O)oc3cc(C)c(C(C)C)cc23)s1. The van der Waals surface area contributed by atoms with Crippen LogP contribution >= 0.6 is 23.1 Å². The van der Waals surface area contributed by atoms with Gasteiger partial charge in [-0.15, -0.1) is 16.8 Å². The first kappa shape index (κ1) is 18.7. The number of aromatic nitrogens is 2. The van der Waals surface area contributed by atoms with Crippen molar-refractivity contribution in [2.75, 3.05) is 11.9 Å². The summed E-state index contributed by atoms with van der Waals surface area (Å²) in [5, 5.41) is 13.2. The summed E-state index contributed by atoms with van der Waals surface area (Å²) in [5.74, 6) is 1.05. The number of benzene rings is 1. The van der Waals surface area contributed by atoms with Gasteiger partial charge in [0.05, 0.1) is 0 Å². The maximum atomic E-state index is 11.9. The van der Waals surface area contributed by atoms with Gasteiger partial charge in [-0.25, -0.2) is 4.79 Å². The first-order valence-corrected chi connectivity index (χ1v) is 10.2. The Balaban J connectivity index is 1.89. The molecule has 2 heterocycles. The van der Waals surface area contributed by atoms with E-state index in [0.717, 1.165) is 26.0 Å². The Morgan fingerprint density at radius 1 is 1.35 bits per heavy atom. The van der Waals surface area contributed by atoms with E-state index in [-0.39, 0.29) is 5.63 Å². The molecule has 0 atom stereocenters. The fourth-order valence-electron chi connectivity index (χ4n) is 2.77. The highest BCUT2D eigenvalue weighted by Gasteiger charge is 2.12. The largest absolute Gasteiger partial charge is 0.423 e. The van der Waals surface area contributed by atoms with Crippen LogP contribution in [0.3, 0.4) is 0 Å². The zero-order valence-electron chi connectivity index (χ0n) is 15.0. The zero-order chi connectivity index (χ0) is 18.7. The molecule has 0 saturated carbocycles. The Labute approximate surface area is 160 Å². The van der Waals surface area contributed by atoms with Crippen molar-refractivity contribution >= 4 is 39.2 Å². The molecule has 5 nitrogen and oxygen atoms in total. The third-order valence-corrected chi connectivity index (χ3v) is 6.06. The number of hydrogen-bond donors (Lipinski definition) is 1. The summed E-state index contributed by atoms with van der Waals surface area (Å²) in [4.78, 5) is 11.9. The van der Waals surface area contributed by atoms with Crippen LogP contribution in [0, 0.1) is 6.92 Å². The highest BCUT2D eigenvalue weighted by atomic mass is 32.2. The van der Waals surface area contributed by atoms with Crippen molar-refractivity contribution in [1.82, 2.24) is 10.2 Å². The van der Waals surface area contributed by atoms with Gasteiger partial charge in [0.1, 0.15) is 5.58 Å². The molecule has 0 spiro atoms. The second-order valence-electron chi connectivity index (χ2n) is 6.28. The first-order chi connectivity index (χ1) is 12.5. The molecule has 0 amide bonds. The second-order valence-corrected chi connectivity index (χ2v) is 8.48. The van der Waals surface area contributed by atoms with E-state index in [9.17, 15) is 4.79 Å². The van der Waals surface area contributed by atoms with Gasteiger partial charge in [-0.2, -0.15) is 0 Å². The number of anilines is 1. The minimum Gasteiger partial charge on any atom is -0.423 e. The Morgan fingerprint density at radius 2 is 2.15 bits per heavy atom. The summed E-state index contributed by atoms with van der Waals surface area (Å²) in [6.45, 7) is 10.7. The van der Waals surface area contributed by atoms with E-state index >= 15 is 0 Å². The molecule has 136 valence electrons. The second kappa shape index (κ2) is 8.05. The van der Waals surface area contributed by atoms with Crippen molar-refractivity contribution in [3.8, 4) is 0 Å². The lowest BCUT2D eigenvalue weighted by Crippen LogP contribution is -2.02. The van der Waals surface area contributed by atoms with Gasteiger partial charge >= 0.3 is 5.63 Å². The van der Waals surface area contributed by atoms with Crippen molar-refractivity contribution in [2.45, 2.75) is 36.8 Å². The van der Waals surface area contributed by atoms with Gasteiger partial charge in [-0.05, 0) is 41.7 Å². The van der Waals surface area contributed by atoms with Gasteiger partial charge in [0.25, 0.3) is 0 Å². The average Bonchev–Trinajstić information content (AvgIpc) is 3.04. The Kier molecular flexibility index (Phi) is 5.78. The molecule has 7 heteroatoms. The van der Waals surface area contributed by atoms with E-state index < -0.39 is 0 Å². The van der Waals surface area contributed by atoms with Gasteiger partial charge < -0.3 is 9.73 Å². The molecule has 1 aromatic carbocycles. The third-order valence-electron chi connectivity index (χ3n) is 3.99. The molecular weight excluding hydrogens is 366 g/mol. The van der Waals surface area contributed by atoms with Crippen LogP contribution in [0.1, 0.15) is 36.5 Å². The molecule has 0 aliphatic rings. The van der Waals surface area contributed by atoms with E-state index in [1.54, 1.807) is 23.9 Å². The lowest BCUT2D eigenvalue weighted by Gasteiger charge is -2.12. The Hall–Kier alpha value is -2.12. The van der Waals surface area contributed by atoms with Gasteiger partial charge in [0.15, 0.2) is 4.34 Å². The fourth-order valence-corrected chi connectivity index (χ4v) is 4.52. The predicted octanol–water partition coefficient (Wildman–Crippen LogP) is 4.97. The normalized spacial score (nSPS) is 11.2. The smallest absolute Gasteiger partial charge is 0.336 e. The third kappa shape index (κ3) is 4.16. The summed E-state index contributed by atoms with van der Waals surface area (Å²) in [6, 6.07) is 5.68. The highest BCUT2D eigenvalue weighted by Crippen LogP contribution is 2.32. The van der Waals surface area contributed by atoms with Crippen LogP contribution in [-0.2, 0) is 5.75 Å². The van der Waals surface area contributed by atoms with Crippen LogP contribution < -0.4 is 10.9 Å². The summed E-state index contributed by atoms with van der Waals surface area (Å²) in [6.07, 6.45) is 1.78. The molecule has 3 aromatic rings. The van der Waals surface area contributed by atoms with Gasteiger partial charge in [0, 0.05) is 23.8 Å². The predicted molar refractivity (Wildman–Crippen MR) is 109 cm³/mol. The monoisotopic (exact) mass is 387 g/mol. The Bertz CT molecular complexity index is 992. The number of aryl methyl sites for hydroxylation is 1. The standard InChI is InChI=1S/C19H21N3O2S2/c1-5-6-20-18-21-22-19(26-18)25-10-13-8-17(23)24-16-7-12(4)14(11(2)3)9-15(13)16/h5,7-9,11H,1,6,10H2,2-4H3,(H,20,21). The topological polar surface area (TPSA) is 68.0 Å². The van der Waals surface area contributed by atoms with E-state index in [2.05, 4.69) is 48.9 Å². The lowest BCUT2D eigenvalue weighted by atomic mass is 9.95. The van der Waals surface area contributed by atoms with Crippen LogP contribution in [0.2, 0.25) is 0 Å². The van der Waals surface area contributed by atoms with E-state index in [1.807, 2.05) is 6.07 Å². The number of hydrogen-bond acceptors (Lipinski definition) is 7. The van der Waals surface area contributed by atoms with Crippen LogP contribution in [0.5, 0.6) is 0 Å². The first-order valence-electron chi connectivity index (χ1n) is 8.36. The van der Waals surface area contributed by atoms with Crippen LogP contribution in [-0.4, -0.2) is 16.7 Å². The number of nitrogens with one attached hydrogen (secondary N) is 1. The van der Waals surface area contributed by atoms with Crippen LogP contribution in [0.15, 0.2) is 44.4 Å². The number of rotatable bonds is 7. The molecule has 0 saturated heterocycles. The number of thioether (sulfide) groups is 1. The molecule has 0 aliphatic heterocycles. The zero-order valence-corrected chi connectivity index (χ0v) is 16.7. The summed E-state index contributed by atoms with van der Waals surface area (Å²) < 4.78 is 6.26. The van der Waals surface area contributed by atoms with Crippen molar-refractivity contribution in [3.05, 3.63) is 58.0 Å². The quantitative estimate of drug-likeness (QED) is 0.351. The van der Waals surface area contributed by atoms with Crippen LogP contribution in [0.25, 0.3) is 11.0 Å². The molecule has 26 heavy (non-hydrogen) atoms. The lowest BCUT2D eigenvalue weighted by molar-refractivity contribution is 0.559. The maximum absolute atomic E-state index is 11.9. The van der Waals surface area contributed by atoms with Crippen molar-refractivity contribution in [2.24, 2.45) is 0 Å². The van der Waals surface area contributed by atoms with E-state index in [4.69, 9.17) is 4.42 Å². The van der Waals surface area contributed by atoms with Crippen molar-refractivity contribution in [1.29, 1.82) is 0 Å². The van der Waals surface area contributed by atoms with Gasteiger partial charge in [0.2, 0.25) is 5.13 Å². The van der Waals surface area contributed by atoms with Crippen molar-refractivity contribution in [3.63, 3.8) is 0 Å². The number of fused-ring (bicyclic) bond motifs is 1. The molecule has 0 radical (unpaired) electrons. The molecule has 2 aromatic heterocycles. The van der Waals surface area contributed by atoms with Gasteiger partial charge in [-0.1, -0.05) is 43.0 Å². The summed E-state index contributed by atoms with van der Waals surface area (Å²) in [5.41, 5.74) is 3.68. The molecule has 0 fully saturated rings. The minimum absolute atomic E-state index is 0.324. The molecule has 0 aliphatic carbocycles. The summed E-state index contributed by atoms with van der Waals surface area (Å²) >= 11 is 3.06. The average molecular weight is 388 g/mol. The van der Waals surface area contributed by atoms with E-state index in [0.29, 0.717) is 23.8 Å². The van der Waals surface area contributed by atoms with Crippen LogP contribution in [0.4, 0.5) is 5.13 Å².